The van der Waals surface area contributed by atoms with Crippen molar-refractivity contribution in [2.75, 3.05) is 6.61 Å². The highest BCUT2D eigenvalue weighted by Crippen LogP contribution is 2.25. The van der Waals surface area contributed by atoms with Crippen LogP contribution in [0.25, 0.3) is 0 Å². The van der Waals surface area contributed by atoms with Crippen LogP contribution in [0.4, 0.5) is 5.69 Å². The van der Waals surface area contributed by atoms with Gasteiger partial charge in [0.15, 0.2) is 6.61 Å². The Bertz CT molecular complexity index is 666. The number of aliphatic imine (C=N–C) groups is 1. The van der Waals surface area contributed by atoms with E-state index in [1.54, 1.807) is 12.3 Å². The lowest BCUT2D eigenvalue weighted by atomic mass is 10.2. The average Bonchev–Trinajstić information content (AvgIpc) is 2.45. The molecule has 0 aliphatic rings. The van der Waals surface area contributed by atoms with Crippen molar-refractivity contribution in [3.8, 4) is 5.75 Å². The summed E-state index contributed by atoms with van der Waals surface area (Å²) in [5.41, 5.74) is 2.96. The van der Waals surface area contributed by atoms with E-state index in [-0.39, 0.29) is 6.61 Å². The maximum Gasteiger partial charge on any atom is 0.341 e. The molecule has 0 amide bonds. The molecule has 0 heterocycles. The van der Waals surface area contributed by atoms with Crippen molar-refractivity contribution in [2.45, 2.75) is 6.92 Å². The molecule has 0 saturated carbocycles. The van der Waals surface area contributed by atoms with Gasteiger partial charge in [-0.3, -0.25) is 4.99 Å². The number of benzene rings is 2. The fraction of sp³-hybridized carbons (Fsp3) is 0.125. The van der Waals surface area contributed by atoms with Crippen LogP contribution in [0.2, 0.25) is 0 Å². The first-order chi connectivity index (χ1) is 10.0. The third kappa shape index (κ3) is 4.72. The normalized spacial score (nSPS) is 10.8. The van der Waals surface area contributed by atoms with E-state index in [4.69, 9.17) is 9.84 Å². The summed E-state index contributed by atoms with van der Waals surface area (Å²) in [6.45, 7) is 1.66. The zero-order valence-electron chi connectivity index (χ0n) is 11.4. The standard InChI is InChI=1S/C16H14BrNO3/c1-11-2-5-13(6-3-11)18-9-12-4-7-15(14(17)8-12)21-10-16(19)20/h2-9H,10H2,1H3,(H,19,20). The van der Waals surface area contributed by atoms with Crippen molar-refractivity contribution in [2.24, 2.45) is 4.99 Å². The Balaban J connectivity index is 2.09. The summed E-state index contributed by atoms with van der Waals surface area (Å²) in [5, 5.41) is 8.59. The number of carbonyl (C=O) groups is 1. The highest BCUT2D eigenvalue weighted by Gasteiger charge is 2.04. The molecule has 0 spiro atoms. The molecule has 0 unspecified atom stereocenters. The van der Waals surface area contributed by atoms with Crippen molar-refractivity contribution < 1.29 is 14.6 Å². The third-order valence-electron chi connectivity index (χ3n) is 2.70. The molecular formula is C16H14BrNO3. The molecule has 0 fully saturated rings. The number of aliphatic carboxylic acids is 1. The predicted octanol–water partition coefficient (Wildman–Crippen LogP) is 3.97. The zero-order valence-corrected chi connectivity index (χ0v) is 13.0. The second kappa shape index (κ2) is 7.04. The highest BCUT2D eigenvalue weighted by atomic mass is 79.9. The van der Waals surface area contributed by atoms with Gasteiger partial charge in [-0.15, -0.1) is 0 Å². The molecular weight excluding hydrogens is 334 g/mol. The van der Waals surface area contributed by atoms with Gasteiger partial charge in [0, 0.05) is 6.21 Å². The first-order valence-corrected chi connectivity index (χ1v) is 7.09. The van der Waals surface area contributed by atoms with Crippen LogP contribution in [0, 0.1) is 6.92 Å². The lowest BCUT2D eigenvalue weighted by molar-refractivity contribution is -0.139. The Kier molecular flexibility index (Phi) is 5.11. The monoisotopic (exact) mass is 347 g/mol. The van der Waals surface area contributed by atoms with Crippen LogP contribution in [0.1, 0.15) is 11.1 Å². The fourth-order valence-corrected chi connectivity index (χ4v) is 2.14. The van der Waals surface area contributed by atoms with Crippen molar-refractivity contribution in [3.63, 3.8) is 0 Å². The minimum absolute atomic E-state index is 0.366. The molecule has 21 heavy (non-hydrogen) atoms. The number of rotatable bonds is 5. The Morgan fingerprint density at radius 3 is 2.62 bits per heavy atom. The van der Waals surface area contributed by atoms with Crippen LogP contribution in [0.5, 0.6) is 5.75 Å². The van der Waals surface area contributed by atoms with E-state index in [1.165, 1.54) is 5.56 Å². The van der Waals surface area contributed by atoms with E-state index in [0.717, 1.165) is 11.3 Å². The van der Waals surface area contributed by atoms with Crippen LogP contribution in [-0.4, -0.2) is 23.9 Å². The Morgan fingerprint density at radius 2 is 2.00 bits per heavy atom. The van der Waals surface area contributed by atoms with Crippen LogP contribution < -0.4 is 4.74 Å². The van der Waals surface area contributed by atoms with Crippen molar-refractivity contribution in [1.82, 2.24) is 0 Å². The SMILES string of the molecule is Cc1ccc(N=Cc2ccc(OCC(=O)O)c(Br)c2)cc1. The quantitative estimate of drug-likeness (QED) is 0.832. The molecule has 108 valence electrons. The lowest BCUT2D eigenvalue weighted by Crippen LogP contribution is -2.09. The number of ether oxygens (including phenoxy) is 1. The van der Waals surface area contributed by atoms with E-state index in [9.17, 15) is 4.79 Å². The number of aryl methyl sites for hydroxylation is 1. The van der Waals surface area contributed by atoms with Crippen LogP contribution >= 0.6 is 15.9 Å². The maximum absolute atomic E-state index is 10.5. The van der Waals surface area contributed by atoms with Crippen molar-refractivity contribution >= 4 is 33.8 Å². The van der Waals surface area contributed by atoms with E-state index >= 15 is 0 Å². The van der Waals surface area contributed by atoms with Gasteiger partial charge < -0.3 is 9.84 Å². The van der Waals surface area contributed by atoms with Gasteiger partial charge in [0.2, 0.25) is 0 Å². The van der Waals surface area contributed by atoms with Gasteiger partial charge >= 0.3 is 5.97 Å². The van der Waals surface area contributed by atoms with Gasteiger partial charge in [-0.25, -0.2) is 4.79 Å². The van der Waals surface area contributed by atoms with Gasteiger partial charge in [-0.05, 0) is 58.7 Å². The number of nitrogens with zero attached hydrogens (tertiary/aromatic N) is 1. The smallest absolute Gasteiger partial charge is 0.341 e. The van der Waals surface area contributed by atoms with E-state index < -0.39 is 5.97 Å². The summed E-state index contributed by atoms with van der Waals surface area (Å²) in [4.78, 5) is 14.9. The summed E-state index contributed by atoms with van der Waals surface area (Å²) in [6.07, 6.45) is 1.75. The molecule has 1 N–H and O–H groups in total. The largest absolute Gasteiger partial charge is 0.481 e. The summed E-state index contributed by atoms with van der Waals surface area (Å²) in [6, 6.07) is 13.3. The zero-order chi connectivity index (χ0) is 15.2. The Labute approximate surface area is 131 Å². The molecule has 0 saturated heterocycles. The molecule has 0 radical (unpaired) electrons. The first-order valence-electron chi connectivity index (χ1n) is 6.29. The molecule has 5 heteroatoms. The second-order valence-corrected chi connectivity index (χ2v) is 5.32. The van der Waals surface area contributed by atoms with Crippen molar-refractivity contribution in [3.05, 3.63) is 58.1 Å². The minimum atomic E-state index is -1.01. The van der Waals surface area contributed by atoms with Gasteiger partial charge in [0.1, 0.15) is 5.75 Å². The third-order valence-corrected chi connectivity index (χ3v) is 3.32. The molecule has 2 aromatic carbocycles. The number of hydrogen-bond donors (Lipinski definition) is 1. The van der Waals surface area contributed by atoms with E-state index in [2.05, 4.69) is 20.9 Å². The van der Waals surface area contributed by atoms with Crippen LogP contribution in [0.3, 0.4) is 0 Å². The number of hydrogen-bond acceptors (Lipinski definition) is 3. The predicted molar refractivity (Wildman–Crippen MR) is 85.7 cm³/mol. The summed E-state index contributed by atoms with van der Waals surface area (Å²) < 4.78 is 5.83. The molecule has 0 bridgehead atoms. The molecule has 0 atom stereocenters. The Morgan fingerprint density at radius 1 is 1.29 bits per heavy atom. The summed E-state index contributed by atoms with van der Waals surface area (Å²) in [5.74, 6) is -0.517. The van der Waals surface area contributed by atoms with Gasteiger partial charge in [0.25, 0.3) is 0 Å². The van der Waals surface area contributed by atoms with Crippen molar-refractivity contribution in [1.29, 1.82) is 0 Å². The summed E-state index contributed by atoms with van der Waals surface area (Å²) >= 11 is 3.35. The molecule has 0 aliphatic heterocycles. The lowest BCUT2D eigenvalue weighted by Gasteiger charge is -2.06. The topological polar surface area (TPSA) is 58.9 Å². The molecule has 2 rings (SSSR count). The molecule has 2 aromatic rings. The summed E-state index contributed by atoms with van der Waals surface area (Å²) in [7, 11) is 0. The first kappa shape index (κ1) is 15.3. The number of halogens is 1. The van der Waals surface area contributed by atoms with Crippen LogP contribution in [0.15, 0.2) is 51.9 Å². The molecule has 4 nitrogen and oxygen atoms in total. The second-order valence-electron chi connectivity index (χ2n) is 4.47. The minimum Gasteiger partial charge on any atom is -0.481 e. The number of carboxylic acids is 1. The average molecular weight is 348 g/mol. The molecule has 0 aliphatic carbocycles. The maximum atomic E-state index is 10.5. The van der Waals surface area contributed by atoms with E-state index in [1.807, 2.05) is 43.3 Å². The van der Waals surface area contributed by atoms with Gasteiger partial charge in [0.05, 0.1) is 10.2 Å². The Hall–Kier alpha value is -2.14. The fourth-order valence-electron chi connectivity index (χ4n) is 1.63. The van der Waals surface area contributed by atoms with Gasteiger partial charge in [-0.1, -0.05) is 17.7 Å². The van der Waals surface area contributed by atoms with Crippen LogP contribution in [-0.2, 0) is 4.79 Å². The van der Waals surface area contributed by atoms with Gasteiger partial charge in [-0.2, -0.15) is 0 Å². The highest BCUT2D eigenvalue weighted by molar-refractivity contribution is 9.10. The van der Waals surface area contributed by atoms with E-state index in [0.29, 0.717) is 10.2 Å². The number of carboxylic acid groups (broad SMARTS) is 1. The molecule has 0 aromatic heterocycles.